The molecule has 0 amide bonds. The van der Waals surface area contributed by atoms with Crippen molar-refractivity contribution in [3.63, 3.8) is 0 Å². The minimum atomic E-state index is -0.0659. The Hall–Kier alpha value is -1.29. The summed E-state index contributed by atoms with van der Waals surface area (Å²) in [4.78, 5) is 4.16. The van der Waals surface area contributed by atoms with Crippen LogP contribution in [0.1, 0.15) is 18.4 Å². The third kappa shape index (κ3) is 2.04. The van der Waals surface area contributed by atoms with E-state index in [1.807, 2.05) is 6.07 Å². The Morgan fingerprint density at radius 1 is 1.40 bits per heavy atom. The van der Waals surface area contributed by atoms with E-state index >= 15 is 0 Å². The van der Waals surface area contributed by atoms with Crippen molar-refractivity contribution in [3.8, 4) is 11.6 Å². The summed E-state index contributed by atoms with van der Waals surface area (Å²) in [5.41, 5.74) is 7.00. The average Bonchev–Trinajstić information content (AvgIpc) is 2.96. The monoisotopic (exact) mass is 208 g/mol. The summed E-state index contributed by atoms with van der Waals surface area (Å²) in [6.07, 6.45) is 4.58. The van der Waals surface area contributed by atoms with Crippen LogP contribution in [0, 0.1) is 0 Å². The maximum absolute atomic E-state index is 6.09. The number of ether oxygens (including phenoxy) is 2. The van der Waals surface area contributed by atoms with Crippen LogP contribution < -0.4 is 15.2 Å². The quantitative estimate of drug-likeness (QED) is 0.806. The molecule has 1 aliphatic carbocycles. The van der Waals surface area contributed by atoms with Crippen molar-refractivity contribution in [2.75, 3.05) is 14.2 Å². The smallest absolute Gasteiger partial charge is 0.220 e. The summed E-state index contributed by atoms with van der Waals surface area (Å²) in [6, 6.07) is 1.84. The molecule has 0 aliphatic heterocycles. The molecule has 1 aromatic rings. The van der Waals surface area contributed by atoms with E-state index in [4.69, 9.17) is 15.2 Å². The van der Waals surface area contributed by atoms with E-state index in [1.54, 1.807) is 20.4 Å². The summed E-state index contributed by atoms with van der Waals surface area (Å²) >= 11 is 0. The van der Waals surface area contributed by atoms with Gasteiger partial charge in [-0.25, -0.2) is 4.98 Å². The molecule has 2 rings (SSSR count). The van der Waals surface area contributed by atoms with Gasteiger partial charge in [-0.15, -0.1) is 0 Å². The molecule has 1 aromatic heterocycles. The molecule has 4 heteroatoms. The summed E-state index contributed by atoms with van der Waals surface area (Å²) in [5, 5.41) is 0. The molecular formula is C11H16N2O2. The molecule has 2 N–H and O–H groups in total. The van der Waals surface area contributed by atoms with Crippen LogP contribution in [0.25, 0.3) is 0 Å². The predicted octanol–water partition coefficient (Wildman–Crippen LogP) is 1.13. The lowest BCUT2D eigenvalue weighted by Crippen LogP contribution is -2.25. The summed E-state index contributed by atoms with van der Waals surface area (Å²) in [6.45, 7) is 0. The molecule has 1 heterocycles. The van der Waals surface area contributed by atoms with Gasteiger partial charge in [0.1, 0.15) is 5.75 Å². The van der Waals surface area contributed by atoms with E-state index in [0.29, 0.717) is 5.88 Å². The first-order chi connectivity index (χ1) is 7.18. The van der Waals surface area contributed by atoms with Crippen molar-refractivity contribution in [2.24, 2.45) is 5.73 Å². The number of rotatable bonds is 4. The Morgan fingerprint density at radius 2 is 2.13 bits per heavy atom. The fourth-order valence-electron chi connectivity index (χ4n) is 1.68. The van der Waals surface area contributed by atoms with E-state index < -0.39 is 0 Å². The lowest BCUT2D eigenvalue weighted by molar-refractivity contribution is 0.370. The van der Waals surface area contributed by atoms with Crippen molar-refractivity contribution in [3.05, 3.63) is 17.8 Å². The van der Waals surface area contributed by atoms with Gasteiger partial charge in [-0.1, -0.05) is 0 Å². The Morgan fingerprint density at radius 3 is 2.67 bits per heavy atom. The van der Waals surface area contributed by atoms with Gasteiger partial charge in [-0.3, -0.25) is 0 Å². The van der Waals surface area contributed by atoms with E-state index in [-0.39, 0.29) is 5.54 Å². The molecule has 0 atom stereocenters. The van der Waals surface area contributed by atoms with Crippen LogP contribution >= 0.6 is 0 Å². The maximum Gasteiger partial charge on any atom is 0.220 e. The number of aromatic nitrogens is 1. The second-order valence-electron chi connectivity index (χ2n) is 4.04. The molecule has 1 saturated carbocycles. The van der Waals surface area contributed by atoms with E-state index in [9.17, 15) is 0 Å². The summed E-state index contributed by atoms with van der Waals surface area (Å²) in [5.74, 6) is 1.42. The highest BCUT2D eigenvalue weighted by atomic mass is 16.5. The topological polar surface area (TPSA) is 57.4 Å². The minimum Gasteiger partial charge on any atom is -0.496 e. The molecule has 82 valence electrons. The van der Waals surface area contributed by atoms with Gasteiger partial charge in [0.2, 0.25) is 5.88 Å². The molecule has 0 spiro atoms. The molecule has 0 aromatic carbocycles. The molecule has 0 unspecified atom stereocenters. The zero-order valence-electron chi connectivity index (χ0n) is 9.12. The number of pyridine rings is 1. The van der Waals surface area contributed by atoms with Crippen LogP contribution in [0.2, 0.25) is 0 Å². The third-order valence-corrected chi connectivity index (χ3v) is 2.81. The van der Waals surface area contributed by atoms with Crippen LogP contribution in [0.5, 0.6) is 11.6 Å². The first kappa shape index (κ1) is 10.2. The highest BCUT2D eigenvalue weighted by Crippen LogP contribution is 2.40. The van der Waals surface area contributed by atoms with Gasteiger partial charge in [0, 0.05) is 11.7 Å². The zero-order chi connectivity index (χ0) is 10.9. The molecule has 1 aliphatic rings. The molecular weight excluding hydrogens is 192 g/mol. The second-order valence-corrected chi connectivity index (χ2v) is 4.04. The number of nitrogens with two attached hydrogens (primary N) is 1. The van der Waals surface area contributed by atoms with Crippen LogP contribution in [0.15, 0.2) is 12.3 Å². The summed E-state index contributed by atoms with van der Waals surface area (Å²) < 4.78 is 10.5. The molecule has 4 nitrogen and oxygen atoms in total. The lowest BCUT2D eigenvalue weighted by atomic mass is 10.1. The second kappa shape index (κ2) is 3.70. The van der Waals surface area contributed by atoms with Crippen molar-refractivity contribution < 1.29 is 9.47 Å². The van der Waals surface area contributed by atoms with Crippen molar-refractivity contribution in [1.29, 1.82) is 0 Å². The molecule has 0 bridgehead atoms. The summed E-state index contributed by atoms with van der Waals surface area (Å²) in [7, 11) is 3.26. The first-order valence-corrected chi connectivity index (χ1v) is 5.03. The van der Waals surface area contributed by atoms with Crippen LogP contribution in [0.3, 0.4) is 0 Å². The largest absolute Gasteiger partial charge is 0.496 e. The highest BCUT2D eigenvalue weighted by molar-refractivity contribution is 5.41. The van der Waals surface area contributed by atoms with Crippen LogP contribution in [0.4, 0.5) is 0 Å². The van der Waals surface area contributed by atoms with Gasteiger partial charge in [0.15, 0.2) is 0 Å². The van der Waals surface area contributed by atoms with Gasteiger partial charge in [0.25, 0.3) is 0 Å². The molecule has 0 saturated heterocycles. The fraction of sp³-hybridized carbons (Fsp3) is 0.545. The lowest BCUT2D eigenvalue weighted by Gasteiger charge is -2.14. The molecule has 15 heavy (non-hydrogen) atoms. The standard InChI is InChI=1S/C11H16N2O2/c1-14-9-3-6-13-10(15-2)8(9)7-11(12)4-5-11/h3,6H,4-5,7,12H2,1-2H3. The van der Waals surface area contributed by atoms with Gasteiger partial charge in [-0.05, 0) is 25.3 Å². The first-order valence-electron chi connectivity index (χ1n) is 5.03. The minimum absolute atomic E-state index is 0.0659. The van der Waals surface area contributed by atoms with Crippen molar-refractivity contribution >= 4 is 0 Å². The Balaban J connectivity index is 2.32. The van der Waals surface area contributed by atoms with Crippen LogP contribution in [-0.4, -0.2) is 24.7 Å². The third-order valence-electron chi connectivity index (χ3n) is 2.81. The van der Waals surface area contributed by atoms with Gasteiger partial charge in [0.05, 0.1) is 19.8 Å². The molecule has 1 fully saturated rings. The van der Waals surface area contributed by atoms with E-state index in [1.165, 1.54) is 0 Å². The Labute approximate surface area is 89.4 Å². The van der Waals surface area contributed by atoms with Gasteiger partial charge >= 0.3 is 0 Å². The maximum atomic E-state index is 6.09. The number of hydrogen-bond donors (Lipinski definition) is 1. The highest BCUT2D eigenvalue weighted by Gasteiger charge is 2.39. The van der Waals surface area contributed by atoms with Gasteiger partial charge in [-0.2, -0.15) is 0 Å². The Bertz CT molecular complexity index is 339. The zero-order valence-corrected chi connectivity index (χ0v) is 9.12. The predicted molar refractivity (Wildman–Crippen MR) is 57.2 cm³/mol. The Kier molecular flexibility index (Phi) is 2.52. The number of nitrogens with zero attached hydrogens (tertiary/aromatic N) is 1. The van der Waals surface area contributed by atoms with Gasteiger partial charge < -0.3 is 15.2 Å². The van der Waals surface area contributed by atoms with E-state index in [2.05, 4.69) is 4.98 Å². The molecule has 0 radical (unpaired) electrons. The van der Waals surface area contributed by atoms with E-state index in [0.717, 1.165) is 30.6 Å². The normalized spacial score (nSPS) is 17.3. The number of methoxy groups -OCH3 is 2. The number of hydrogen-bond acceptors (Lipinski definition) is 4. The van der Waals surface area contributed by atoms with Crippen molar-refractivity contribution in [1.82, 2.24) is 4.98 Å². The van der Waals surface area contributed by atoms with Crippen molar-refractivity contribution in [2.45, 2.75) is 24.8 Å². The average molecular weight is 208 g/mol. The SMILES string of the molecule is COc1ccnc(OC)c1CC1(N)CC1. The van der Waals surface area contributed by atoms with Crippen LogP contribution in [-0.2, 0) is 6.42 Å². The fourth-order valence-corrected chi connectivity index (χ4v) is 1.68.